The first kappa shape index (κ1) is 19.4. The van der Waals surface area contributed by atoms with E-state index in [-0.39, 0.29) is 23.6 Å². The monoisotopic (exact) mass is 397 g/mol. The van der Waals surface area contributed by atoms with E-state index in [4.69, 9.17) is 5.26 Å². The van der Waals surface area contributed by atoms with Crippen molar-refractivity contribution in [3.63, 3.8) is 0 Å². The van der Waals surface area contributed by atoms with Crippen LogP contribution >= 0.6 is 0 Å². The van der Waals surface area contributed by atoms with E-state index < -0.39 is 0 Å². The zero-order valence-electron chi connectivity index (χ0n) is 17.2. The number of nitrogens with zero attached hydrogens (tertiary/aromatic N) is 6. The second-order valence-corrected chi connectivity index (χ2v) is 9.04. The SMILES string of the molecule is CC(C)(C)C1CCc2[nH]nc(C(=O)N3CCc4nn(CC#N)c(=O)n4CC3)c2C1. The van der Waals surface area contributed by atoms with Crippen LogP contribution in [-0.4, -0.2) is 48.4 Å². The Balaban J connectivity index is 1.53. The summed E-state index contributed by atoms with van der Waals surface area (Å²) in [5.41, 5.74) is 2.56. The first-order valence-electron chi connectivity index (χ1n) is 10.2. The van der Waals surface area contributed by atoms with Crippen molar-refractivity contribution in [3.8, 4) is 6.07 Å². The third-order valence-corrected chi connectivity index (χ3v) is 6.28. The third-order valence-electron chi connectivity index (χ3n) is 6.28. The largest absolute Gasteiger partial charge is 0.346 e. The lowest BCUT2D eigenvalue weighted by Gasteiger charge is -2.34. The van der Waals surface area contributed by atoms with Crippen LogP contribution < -0.4 is 5.69 Å². The number of nitriles is 1. The van der Waals surface area contributed by atoms with Crippen LogP contribution in [0.5, 0.6) is 0 Å². The predicted molar refractivity (Wildman–Crippen MR) is 105 cm³/mol. The first-order valence-corrected chi connectivity index (χ1v) is 10.2. The van der Waals surface area contributed by atoms with E-state index >= 15 is 0 Å². The molecule has 154 valence electrons. The Morgan fingerprint density at radius 3 is 2.79 bits per heavy atom. The summed E-state index contributed by atoms with van der Waals surface area (Å²) < 4.78 is 2.75. The van der Waals surface area contributed by atoms with Gasteiger partial charge in [0.15, 0.2) is 5.69 Å². The van der Waals surface area contributed by atoms with E-state index in [1.807, 2.05) is 6.07 Å². The van der Waals surface area contributed by atoms with Gasteiger partial charge in [0, 0.05) is 37.3 Å². The van der Waals surface area contributed by atoms with Gasteiger partial charge in [-0.1, -0.05) is 20.8 Å². The maximum absolute atomic E-state index is 13.3. The highest BCUT2D eigenvalue weighted by Gasteiger charge is 2.34. The lowest BCUT2D eigenvalue weighted by Crippen LogP contribution is -2.36. The van der Waals surface area contributed by atoms with E-state index in [1.54, 1.807) is 9.47 Å². The van der Waals surface area contributed by atoms with Gasteiger partial charge in [-0.2, -0.15) is 20.1 Å². The number of aryl methyl sites for hydroxylation is 1. The average Bonchev–Trinajstić information content (AvgIpc) is 3.14. The molecular formula is C20H27N7O2. The summed E-state index contributed by atoms with van der Waals surface area (Å²) in [7, 11) is 0. The smallest absolute Gasteiger partial charge is 0.335 e. The summed E-state index contributed by atoms with van der Waals surface area (Å²) in [4.78, 5) is 27.4. The summed E-state index contributed by atoms with van der Waals surface area (Å²) in [6.07, 6.45) is 3.37. The van der Waals surface area contributed by atoms with Gasteiger partial charge < -0.3 is 4.90 Å². The molecule has 1 unspecified atom stereocenters. The van der Waals surface area contributed by atoms with Crippen LogP contribution in [0.25, 0.3) is 0 Å². The normalized spacial score (nSPS) is 19.2. The summed E-state index contributed by atoms with van der Waals surface area (Å²) in [5.74, 6) is 1.06. The number of carbonyl (C=O) groups excluding carboxylic acids is 1. The molecule has 1 amide bonds. The van der Waals surface area contributed by atoms with Crippen molar-refractivity contribution in [1.29, 1.82) is 5.26 Å². The molecule has 4 rings (SSSR count). The van der Waals surface area contributed by atoms with Gasteiger partial charge in [0.1, 0.15) is 12.4 Å². The summed E-state index contributed by atoms with van der Waals surface area (Å²) in [5, 5.41) is 20.5. The maximum Gasteiger partial charge on any atom is 0.346 e. The van der Waals surface area contributed by atoms with Crippen molar-refractivity contribution in [1.82, 2.24) is 29.4 Å². The van der Waals surface area contributed by atoms with Crippen LogP contribution in [0, 0.1) is 22.7 Å². The van der Waals surface area contributed by atoms with E-state index in [0.29, 0.717) is 43.5 Å². The number of amides is 1. The van der Waals surface area contributed by atoms with Crippen LogP contribution in [0.15, 0.2) is 4.79 Å². The van der Waals surface area contributed by atoms with E-state index in [0.717, 1.165) is 30.5 Å². The fourth-order valence-electron chi connectivity index (χ4n) is 4.40. The number of aromatic amines is 1. The number of hydrogen-bond donors (Lipinski definition) is 1. The minimum atomic E-state index is -0.291. The molecule has 1 aliphatic heterocycles. The lowest BCUT2D eigenvalue weighted by atomic mass is 9.71. The fraction of sp³-hybridized carbons (Fsp3) is 0.650. The van der Waals surface area contributed by atoms with Crippen molar-refractivity contribution in [2.75, 3.05) is 13.1 Å². The third kappa shape index (κ3) is 3.48. The number of H-pyrrole nitrogens is 1. The molecule has 0 fully saturated rings. The summed E-state index contributed by atoms with van der Waals surface area (Å²) >= 11 is 0. The van der Waals surface area contributed by atoms with Gasteiger partial charge in [0.05, 0.1) is 6.07 Å². The van der Waals surface area contributed by atoms with Gasteiger partial charge in [-0.05, 0) is 30.6 Å². The van der Waals surface area contributed by atoms with Crippen LogP contribution in [-0.2, 0) is 32.4 Å². The molecule has 0 bridgehead atoms. The Morgan fingerprint density at radius 1 is 1.28 bits per heavy atom. The quantitative estimate of drug-likeness (QED) is 0.816. The van der Waals surface area contributed by atoms with Crippen LogP contribution in [0.1, 0.15) is 54.8 Å². The zero-order valence-corrected chi connectivity index (χ0v) is 17.2. The van der Waals surface area contributed by atoms with E-state index in [2.05, 4.69) is 36.1 Å². The Bertz CT molecular complexity index is 1030. The highest BCUT2D eigenvalue weighted by Crippen LogP contribution is 2.37. The molecule has 1 aliphatic carbocycles. The molecule has 1 N–H and O–H groups in total. The van der Waals surface area contributed by atoms with Crippen LogP contribution in [0.2, 0.25) is 0 Å². The van der Waals surface area contributed by atoms with E-state index in [1.165, 1.54) is 4.68 Å². The molecule has 9 heteroatoms. The minimum Gasteiger partial charge on any atom is -0.335 e. The van der Waals surface area contributed by atoms with Gasteiger partial charge in [-0.3, -0.25) is 14.5 Å². The van der Waals surface area contributed by atoms with Gasteiger partial charge in [0.2, 0.25) is 0 Å². The molecule has 3 heterocycles. The van der Waals surface area contributed by atoms with Gasteiger partial charge in [0.25, 0.3) is 5.91 Å². The molecular weight excluding hydrogens is 370 g/mol. The number of carbonyl (C=O) groups is 1. The molecule has 2 aliphatic rings. The summed E-state index contributed by atoms with van der Waals surface area (Å²) in [6, 6.07) is 1.95. The molecule has 0 saturated carbocycles. The molecule has 0 aromatic carbocycles. The van der Waals surface area contributed by atoms with Crippen molar-refractivity contribution >= 4 is 5.91 Å². The van der Waals surface area contributed by atoms with Gasteiger partial charge >= 0.3 is 5.69 Å². The fourth-order valence-corrected chi connectivity index (χ4v) is 4.40. The Kier molecular flexibility index (Phi) is 4.81. The first-order chi connectivity index (χ1) is 13.8. The average molecular weight is 397 g/mol. The number of rotatable bonds is 2. The Hall–Kier alpha value is -2.89. The van der Waals surface area contributed by atoms with Crippen LogP contribution in [0.3, 0.4) is 0 Å². The van der Waals surface area contributed by atoms with E-state index in [9.17, 15) is 9.59 Å². The van der Waals surface area contributed by atoms with Crippen molar-refractivity contribution in [2.45, 2.75) is 59.5 Å². The molecule has 0 radical (unpaired) electrons. The maximum atomic E-state index is 13.3. The van der Waals surface area contributed by atoms with Crippen molar-refractivity contribution < 1.29 is 4.79 Å². The highest BCUT2D eigenvalue weighted by atomic mass is 16.2. The van der Waals surface area contributed by atoms with Crippen molar-refractivity contribution in [2.24, 2.45) is 11.3 Å². The number of aromatic nitrogens is 5. The van der Waals surface area contributed by atoms with Gasteiger partial charge in [-0.15, -0.1) is 0 Å². The molecule has 1 atom stereocenters. The molecule has 9 nitrogen and oxygen atoms in total. The topological polar surface area (TPSA) is 113 Å². The van der Waals surface area contributed by atoms with Crippen LogP contribution in [0.4, 0.5) is 0 Å². The van der Waals surface area contributed by atoms with Gasteiger partial charge in [-0.25, -0.2) is 4.79 Å². The molecule has 0 spiro atoms. The molecule has 0 saturated heterocycles. The minimum absolute atomic E-state index is 0.0597. The number of hydrogen-bond acceptors (Lipinski definition) is 5. The lowest BCUT2D eigenvalue weighted by molar-refractivity contribution is 0.0750. The summed E-state index contributed by atoms with van der Waals surface area (Å²) in [6.45, 7) is 7.97. The standard InChI is InChI=1S/C20H27N7O2/c1-20(2,3)13-4-5-15-14(12-13)17(23-22-15)18(28)25-8-6-16-24-27(9-7-21)19(29)26(16)11-10-25/h13H,4-6,8-12H2,1-3H3,(H,22,23). The highest BCUT2D eigenvalue weighted by molar-refractivity contribution is 5.94. The number of fused-ring (bicyclic) bond motifs is 2. The second kappa shape index (κ2) is 7.17. The Morgan fingerprint density at radius 2 is 2.07 bits per heavy atom. The Labute approximate surface area is 169 Å². The molecule has 2 aromatic rings. The zero-order chi connectivity index (χ0) is 20.8. The van der Waals surface area contributed by atoms with Crippen molar-refractivity contribution in [3.05, 3.63) is 33.3 Å². The number of nitrogens with one attached hydrogen (secondary N) is 1. The molecule has 2 aromatic heterocycles. The molecule has 29 heavy (non-hydrogen) atoms. The second-order valence-electron chi connectivity index (χ2n) is 9.04. The predicted octanol–water partition coefficient (Wildman–Crippen LogP) is 1.14.